The molecule has 0 aromatic rings. The first-order valence-electron chi connectivity index (χ1n) is 24.5. The van der Waals surface area contributed by atoms with Crippen LogP contribution in [0.3, 0.4) is 0 Å². The highest BCUT2D eigenvalue weighted by molar-refractivity contribution is 5.76. The molecule has 0 fully saturated rings. The number of hydrogen-bond acceptors (Lipinski definition) is 6. The number of hydrogen-bond donors (Lipinski definition) is 2. The molecule has 0 saturated carbocycles. The van der Waals surface area contributed by atoms with E-state index in [1.807, 2.05) is 38.0 Å². The molecule has 0 aliphatic carbocycles. The fourth-order valence-electron chi connectivity index (χ4n) is 7.25. The number of carbonyl (C=O) groups excluding carboxylic acids is 3. The van der Waals surface area contributed by atoms with Crippen molar-refractivity contribution in [2.75, 3.05) is 67.5 Å². The van der Waals surface area contributed by atoms with Gasteiger partial charge in [-0.15, -0.1) is 0 Å². The molecule has 2 N–H and O–H groups in total. The largest absolute Gasteiger partial charge is 0.442 e. The van der Waals surface area contributed by atoms with E-state index in [2.05, 4.69) is 24.5 Å². The van der Waals surface area contributed by atoms with E-state index in [0.29, 0.717) is 25.9 Å². The molecular formula is C48H97N5O4. The van der Waals surface area contributed by atoms with E-state index in [0.717, 1.165) is 38.8 Å². The van der Waals surface area contributed by atoms with Gasteiger partial charge in [-0.05, 0) is 41.0 Å². The number of nitrogens with zero attached hydrogens (tertiary/aromatic N) is 3. The van der Waals surface area contributed by atoms with Gasteiger partial charge >= 0.3 is 6.09 Å². The Hall–Kier alpha value is -1.87. The number of rotatable bonds is 43. The molecule has 0 aliphatic rings. The van der Waals surface area contributed by atoms with Crippen LogP contribution in [0.5, 0.6) is 0 Å². The standard InChI is InChI=1S/C48H97N5O4/c1-7-9-11-13-15-17-19-21-23-25-27-29-31-33-35-37-46(54)49-43-45(57-48(56)53(41-39-51(3)4)42-40-52(5)6)44-50-47(55)38-36-34-32-30-28-26-24-22-20-18-16-14-12-10-8-2/h45H,7-44H2,1-6H3,(H,49,54)(H,50,55). The summed E-state index contributed by atoms with van der Waals surface area (Å²) in [6.07, 6.45) is 38.7. The number of ether oxygens (including phenoxy) is 1. The first-order valence-corrected chi connectivity index (χ1v) is 24.5. The van der Waals surface area contributed by atoms with Crippen LogP contribution in [0.1, 0.15) is 219 Å². The van der Waals surface area contributed by atoms with Crippen molar-refractivity contribution in [2.24, 2.45) is 0 Å². The third kappa shape index (κ3) is 40.7. The van der Waals surface area contributed by atoms with Gasteiger partial charge in [-0.2, -0.15) is 0 Å². The molecule has 0 aromatic carbocycles. The quantitative estimate of drug-likeness (QED) is 0.0596. The molecule has 338 valence electrons. The summed E-state index contributed by atoms with van der Waals surface area (Å²) >= 11 is 0. The van der Waals surface area contributed by atoms with Gasteiger partial charge in [-0.1, -0.05) is 194 Å². The maximum Gasteiger partial charge on any atom is 0.410 e. The lowest BCUT2D eigenvalue weighted by molar-refractivity contribution is -0.121. The Labute approximate surface area is 354 Å². The molecular weight excluding hydrogens is 711 g/mol. The summed E-state index contributed by atoms with van der Waals surface area (Å²) in [7, 11) is 7.95. The van der Waals surface area contributed by atoms with Crippen molar-refractivity contribution in [3.8, 4) is 0 Å². The van der Waals surface area contributed by atoms with Crippen LogP contribution in [0.25, 0.3) is 0 Å². The van der Waals surface area contributed by atoms with E-state index in [-0.39, 0.29) is 24.9 Å². The second-order valence-electron chi connectivity index (χ2n) is 17.6. The van der Waals surface area contributed by atoms with Crippen molar-refractivity contribution in [1.29, 1.82) is 0 Å². The molecule has 0 rings (SSSR count). The average molecular weight is 808 g/mol. The summed E-state index contributed by atoms with van der Waals surface area (Å²) in [6.45, 7) is 7.47. The van der Waals surface area contributed by atoms with Gasteiger partial charge in [-0.25, -0.2) is 4.79 Å². The Kier molecular flexibility index (Phi) is 40.9. The van der Waals surface area contributed by atoms with E-state index in [4.69, 9.17) is 4.74 Å². The highest BCUT2D eigenvalue weighted by Gasteiger charge is 2.22. The third-order valence-electron chi connectivity index (χ3n) is 11.2. The monoisotopic (exact) mass is 808 g/mol. The minimum Gasteiger partial charge on any atom is -0.442 e. The van der Waals surface area contributed by atoms with Gasteiger partial charge in [0.15, 0.2) is 0 Å². The lowest BCUT2D eigenvalue weighted by Gasteiger charge is -2.28. The van der Waals surface area contributed by atoms with Crippen molar-refractivity contribution in [1.82, 2.24) is 25.3 Å². The molecule has 9 nitrogen and oxygen atoms in total. The smallest absolute Gasteiger partial charge is 0.410 e. The molecule has 0 saturated heterocycles. The summed E-state index contributed by atoms with van der Waals surface area (Å²) in [4.78, 5) is 44.8. The van der Waals surface area contributed by atoms with Crippen molar-refractivity contribution in [3.63, 3.8) is 0 Å². The van der Waals surface area contributed by atoms with Gasteiger partial charge < -0.3 is 30.1 Å². The van der Waals surface area contributed by atoms with Gasteiger partial charge in [0.1, 0.15) is 6.10 Å². The van der Waals surface area contributed by atoms with Crippen LogP contribution in [0, 0.1) is 0 Å². The van der Waals surface area contributed by atoms with Crippen LogP contribution in [-0.4, -0.2) is 106 Å². The summed E-state index contributed by atoms with van der Waals surface area (Å²) in [5.41, 5.74) is 0. The minimum atomic E-state index is -0.631. The third-order valence-corrected chi connectivity index (χ3v) is 11.2. The zero-order valence-corrected chi connectivity index (χ0v) is 38.9. The number of amides is 3. The van der Waals surface area contributed by atoms with Gasteiger partial charge in [0, 0.05) is 39.0 Å². The second kappa shape index (κ2) is 42.3. The number of nitrogens with one attached hydrogen (secondary N) is 2. The molecule has 0 aromatic heterocycles. The van der Waals surface area contributed by atoms with Crippen molar-refractivity contribution < 1.29 is 19.1 Å². The van der Waals surface area contributed by atoms with Crippen LogP contribution < -0.4 is 10.6 Å². The zero-order valence-electron chi connectivity index (χ0n) is 38.9. The molecule has 0 bridgehead atoms. The molecule has 0 heterocycles. The molecule has 9 heteroatoms. The summed E-state index contributed by atoms with van der Waals surface area (Å²) in [6, 6.07) is 0. The SMILES string of the molecule is CCCCCCCCCCCCCCCCCC(=O)NCC(CNC(=O)CCCCCCCCCCCCCCCCC)OC(=O)N(CCN(C)C)CCN(C)C. The van der Waals surface area contributed by atoms with Gasteiger partial charge in [0.25, 0.3) is 0 Å². The normalized spacial score (nSPS) is 11.5. The summed E-state index contributed by atoms with van der Waals surface area (Å²) in [5.74, 6) is -0.0427. The first kappa shape index (κ1) is 55.1. The minimum absolute atomic E-state index is 0.0213. The Morgan fingerprint density at radius 2 is 0.667 bits per heavy atom. The van der Waals surface area contributed by atoms with Crippen molar-refractivity contribution >= 4 is 17.9 Å². The topological polar surface area (TPSA) is 94.2 Å². The summed E-state index contributed by atoms with van der Waals surface area (Å²) < 4.78 is 5.96. The van der Waals surface area contributed by atoms with Crippen molar-refractivity contribution in [3.05, 3.63) is 0 Å². The predicted octanol–water partition coefficient (Wildman–Crippen LogP) is 11.7. The number of unbranched alkanes of at least 4 members (excludes halogenated alkanes) is 28. The summed E-state index contributed by atoms with van der Waals surface area (Å²) in [5, 5.41) is 6.00. The second-order valence-corrected chi connectivity index (χ2v) is 17.6. The maximum atomic E-state index is 13.4. The fraction of sp³-hybridized carbons (Fsp3) is 0.938. The average Bonchev–Trinajstić information content (AvgIpc) is 3.18. The van der Waals surface area contributed by atoms with Crippen LogP contribution in [0.15, 0.2) is 0 Å². The molecule has 3 amide bonds. The Balaban J connectivity index is 4.49. The molecule has 0 unspecified atom stereocenters. The lowest BCUT2D eigenvalue weighted by Crippen LogP contribution is -2.47. The first-order chi connectivity index (χ1) is 27.7. The zero-order chi connectivity index (χ0) is 42.0. The Bertz CT molecular complexity index is 840. The number of carbonyl (C=O) groups is 3. The van der Waals surface area contributed by atoms with Gasteiger partial charge in [-0.3, -0.25) is 9.59 Å². The fourth-order valence-corrected chi connectivity index (χ4v) is 7.25. The lowest BCUT2D eigenvalue weighted by atomic mass is 10.0. The van der Waals surface area contributed by atoms with E-state index in [9.17, 15) is 14.4 Å². The predicted molar refractivity (Wildman–Crippen MR) is 244 cm³/mol. The van der Waals surface area contributed by atoms with Crippen LogP contribution in [-0.2, 0) is 14.3 Å². The van der Waals surface area contributed by atoms with Gasteiger partial charge in [0.2, 0.25) is 11.8 Å². The molecule has 57 heavy (non-hydrogen) atoms. The van der Waals surface area contributed by atoms with Crippen LogP contribution in [0.4, 0.5) is 4.79 Å². The Morgan fingerprint density at radius 3 is 0.930 bits per heavy atom. The van der Waals surface area contributed by atoms with E-state index in [1.54, 1.807) is 4.90 Å². The highest BCUT2D eigenvalue weighted by Crippen LogP contribution is 2.15. The number of likely N-dealkylation sites (N-methyl/N-ethyl adjacent to an activating group) is 2. The molecule has 0 spiro atoms. The van der Waals surface area contributed by atoms with E-state index < -0.39 is 12.2 Å². The molecule has 0 aliphatic heterocycles. The van der Waals surface area contributed by atoms with Crippen LogP contribution >= 0.6 is 0 Å². The maximum absolute atomic E-state index is 13.4. The van der Waals surface area contributed by atoms with Gasteiger partial charge in [0.05, 0.1) is 13.1 Å². The molecule has 0 atom stereocenters. The van der Waals surface area contributed by atoms with Crippen molar-refractivity contribution in [2.45, 2.75) is 225 Å². The van der Waals surface area contributed by atoms with E-state index >= 15 is 0 Å². The van der Waals surface area contributed by atoms with Crippen LogP contribution in [0.2, 0.25) is 0 Å². The Morgan fingerprint density at radius 1 is 0.404 bits per heavy atom. The molecule has 0 radical (unpaired) electrons. The van der Waals surface area contributed by atoms with E-state index in [1.165, 1.54) is 167 Å². The highest BCUT2D eigenvalue weighted by atomic mass is 16.6.